The molecule has 0 bridgehead atoms. The normalized spacial score (nSPS) is 25.2. The number of nitrogens with zero attached hydrogens (tertiary/aromatic N) is 2. The van der Waals surface area contributed by atoms with Crippen molar-refractivity contribution in [3.8, 4) is 0 Å². The van der Waals surface area contributed by atoms with E-state index >= 15 is 0 Å². The summed E-state index contributed by atoms with van der Waals surface area (Å²) in [7, 11) is -6.62. The Morgan fingerprint density at radius 2 is 2.20 bits per heavy atom. The number of hydrogen-bond donors (Lipinski definition) is 0. The van der Waals surface area contributed by atoms with Crippen molar-refractivity contribution in [3.63, 3.8) is 0 Å². The average Bonchev–Trinajstić information content (AvgIpc) is 2.36. The van der Waals surface area contributed by atoms with Gasteiger partial charge in [-0.2, -0.15) is 8.42 Å². The molecule has 0 aromatic rings. The molecule has 0 aliphatic carbocycles. The molecule has 120 valence electrons. The van der Waals surface area contributed by atoms with E-state index in [9.17, 15) is 13.0 Å². The van der Waals surface area contributed by atoms with Gasteiger partial charge < -0.3 is 4.52 Å². The zero-order chi connectivity index (χ0) is 15.2. The van der Waals surface area contributed by atoms with Crippen LogP contribution in [0.3, 0.4) is 0 Å². The van der Waals surface area contributed by atoms with E-state index in [1.54, 1.807) is 9.34 Å². The van der Waals surface area contributed by atoms with Crippen LogP contribution in [0.2, 0.25) is 0 Å². The van der Waals surface area contributed by atoms with Crippen LogP contribution in [0.1, 0.15) is 13.3 Å². The van der Waals surface area contributed by atoms with E-state index in [2.05, 4.69) is 0 Å². The van der Waals surface area contributed by atoms with E-state index in [1.807, 2.05) is 6.92 Å². The minimum absolute atomic E-state index is 0.0469. The Balaban J connectivity index is 2.71. The summed E-state index contributed by atoms with van der Waals surface area (Å²) in [4.78, 5) is 0. The van der Waals surface area contributed by atoms with Crippen LogP contribution in [-0.4, -0.2) is 69.3 Å². The number of hydrogen-bond acceptors (Lipinski definition) is 5. The Hall–Kier alpha value is 0.310. The van der Waals surface area contributed by atoms with E-state index < -0.39 is 17.8 Å². The summed E-state index contributed by atoms with van der Waals surface area (Å²) >= 11 is 5.73. The van der Waals surface area contributed by atoms with Gasteiger partial charge in [0.1, 0.15) is 0 Å². The van der Waals surface area contributed by atoms with Crippen LogP contribution in [0.4, 0.5) is 0 Å². The maximum Gasteiger partial charge on any atom is 0.346 e. The van der Waals surface area contributed by atoms with Gasteiger partial charge in [0.2, 0.25) is 0 Å². The third kappa shape index (κ3) is 5.26. The summed E-state index contributed by atoms with van der Waals surface area (Å²) in [5, 5.41) is 0. The fraction of sp³-hybridized carbons (Fsp3) is 1.00. The molecule has 0 amide bonds. The molecule has 0 saturated carbocycles. The van der Waals surface area contributed by atoms with Crippen LogP contribution >= 0.6 is 19.3 Å². The maximum atomic E-state index is 13.0. The van der Waals surface area contributed by atoms with Gasteiger partial charge in [0.25, 0.3) is 10.1 Å². The molecule has 1 atom stereocenters. The second kappa shape index (κ2) is 8.08. The minimum Gasteiger partial charge on any atom is -0.306 e. The van der Waals surface area contributed by atoms with Crippen LogP contribution in [0.5, 0.6) is 0 Å². The summed E-state index contributed by atoms with van der Waals surface area (Å²) in [6, 6.07) is 0. The van der Waals surface area contributed by atoms with Crippen molar-refractivity contribution in [3.05, 3.63) is 0 Å². The highest BCUT2D eigenvalue weighted by Gasteiger charge is 2.39. The summed E-state index contributed by atoms with van der Waals surface area (Å²) in [5.41, 5.74) is 0. The predicted octanol–water partition coefficient (Wildman–Crippen LogP) is 1.35. The quantitative estimate of drug-likeness (QED) is 0.372. The molecule has 1 rings (SSSR count). The highest BCUT2D eigenvalue weighted by Crippen LogP contribution is 2.55. The van der Waals surface area contributed by atoms with Gasteiger partial charge in [0.15, 0.2) is 0 Å². The average molecular weight is 349 g/mol. The largest absolute Gasteiger partial charge is 0.346 e. The zero-order valence-corrected chi connectivity index (χ0v) is 14.3. The first-order valence-electron chi connectivity index (χ1n) is 6.49. The van der Waals surface area contributed by atoms with Gasteiger partial charge in [-0.15, -0.1) is 11.6 Å². The summed E-state index contributed by atoms with van der Waals surface area (Å²) in [5.74, 6) is 0.366. The van der Waals surface area contributed by atoms with Crippen LogP contribution in [0.25, 0.3) is 0 Å². The molecule has 10 heteroatoms. The second-order valence-corrected chi connectivity index (χ2v) is 8.79. The van der Waals surface area contributed by atoms with Crippen LogP contribution in [-0.2, 0) is 23.4 Å². The van der Waals surface area contributed by atoms with Gasteiger partial charge in [-0.3, -0.25) is 8.75 Å². The standard InChI is InChI=1S/C10H22ClN2O5PS/c1-3-12(8-10-18-20(2,15)16)19(14)13(7-5-11)6-4-9-17-19/h3-10H2,1-2H3. The highest BCUT2D eigenvalue weighted by molar-refractivity contribution is 7.85. The second-order valence-electron chi connectivity index (χ2n) is 4.39. The molecule has 7 nitrogen and oxygen atoms in total. The number of halogens is 1. The maximum absolute atomic E-state index is 13.0. The van der Waals surface area contributed by atoms with Crippen LogP contribution in [0.15, 0.2) is 0 Å². The Morgan fingerprint density at radius 1 is 1.50 bits per heavy atom. The topological polar surface area (TPSA) is 76.1 Å². The first-order chi connectivity index (χ1) is 9.33. The molecule has 1 saturated heterocycles. The molecule has 1 unspecified atom stereocenters. The third-order valence-electron chi connectivity index (χ3n) is 2.89. The molecule has 0 aromatic carbocycles. The molecule has 1 aliphatic rings. The Bertz CT molecular complexity index is 445. The Morgan fingerprint density at radius 3 is 2.75 bits per heavy atom. The summed E-state index contributed by atoms with van der Waals surface area (Å²) < 4.78 is 48.5. The predicted molar refractivity (Wildman–Crippen MR) is 78.5 cm³/mol. The molecule has 0 radical (unpaired) electrons. The lowest BCUT2D eigenvalue weighted by Crippen LogP contribution is -2.39. The molecule has 1 fully saturated rings. The Labute approximate surface area is 125 Å². The van der Waals surface area contributed by atoms with Crippen molar-refractivity contribution < 1.29 is 21.7 Å². The van der Waals surface area contributed by atoms with E-state index in [-0.39, 0.29) is 13.2 Å². The molecular formula is C10H22ClN2O5PS. The molecular weight excluding hydrogens is 327 g/mol. The first-order valence-corrected chi connectivity index (χ1v) is 10.4. The molecule has 0 N–H and O–H groups in total. The Kier molecular flexibility index (Phi) is 7.41. The van der Waals surface area contributed by atoms with Gasteiger partial charge >= 0.3 is 7.67 Å². The number of likely N-dealkylation sites (N-methyl/N-ethyl adjacent to an activating group) is 1. The van der Waals surface area contributed by atoms with Crippen molar-refractivity contribution in [1.29, 1.82) is 0 Å². The zero-order valence-electron chi connectivity index (χ0n) is 11.8. The molecule has 0 spiro atoms. The minimum atomic E-state index is -3.49. The molecule has 1 heterocycles. The fourth-order valence-electron chi connectivity index (χ4n) is 1.99. The van der Waals surface area contributed by atoms with E-state index in [0.29, 0.717) is 32.1 Å². The van der Waals surface area contributed by atoms with Gasteiger partial charge in [-0.1, -0.05) is 6.92 Å². The highest BCUT2D eigenvalue weighted by atomic mass is 35.5. The molecule has 20 heavy (non-hydrogen) atoms. The van der Waals surface area contributed by atoms with Gasteiger partial charge in [-0.25, -0.2) is 9.34 Å². The lowest BCUT2D eigenvalue weighted by Gasteiger charge is -2.40. The molecule has 1 aliphatic heterocycles. The smallest absolute Gasteiger partial charge is 0.306 e. The van der Waals surface area contributed by atoms with Crippen LogP contribution in [0, 0.1) is 0 Å². The third-order valence-corrected chi connectivity index (χ3v) is 6.48. The summed E-state index contributed by atoms with van der Waals surface area (Å²) in [6.45, 7) is 4.06. The number of rotatable bonds is 8. The monoisotopic (exact) mass is 348 g/mol. The SMILES string of the molecule is CCN(CCOS(C)(=O)=O)P1(=O)OCCCN1CCCl. The van der Waals surface area contributed by atoms with Crippen LogP contribution < -0.4 is 0 Å². The molecule has 0 aromatic heterocycles. The van der Waals surface area contributed by atoms with Gasteiger partial charge in [-0.05, 0) is 6.42 Å². The van der Waals surface area contributed by atoms with Crippen molar-refractivity contribution >= 4 is 29.4 Å². The lowest BCUT2D eigenvalue weighted by atomic mass is 10.4. The van der Waals surface area contributed by atoms with Crippen molar-refractivity contribution in [2.75, 3.05) is 51.5 Å². The fourth-order valence-corrected chi connectivity index (χ4v) is 5.18. The van der Waals surface area contributed by atoms with Crippen molar-refractivity contribution in [1.82, 2.24) is 9.34 Å². The number of alkyl halides is 1. The van der Waals surface area contributed by atoms with Crippen molar-refractivity contribution in [2.45, 2.75) is 13.3 Å². The van der Waals surface area contributed by atoms with Gasteiger partial charge in [0.05, 0.1) is 19.5 Å². The first kappa shape index (κ1) is 18.4. The van der Waals surface area contributed by atoms with Gasteiger partial charge in [0, 0.05) is 32.1 Å². The van der Waals surface area contributed by atoms with E-state index in [4.69, 9.17) is 20.3 Å². The van der Waals surface area contributed by atoms with Crippen molar-refractivity contribution in [2.24, 2.45) is 0 Å². The van der Waals surface area contributed by atoms with E-state index in [0.717, 1.165) is 12.7 Å². The lowest BCUT2D eigenvalue weighted by molar-refractivity contribution is 0.161. The van der Waals surface area contributed by atoms with E-state index in [1.165, 1.54) is 0 Å². The summed E-state index contributed by atoms with van der Waals surface area (Å²) in [6.07, 6.45) is 1.79.